The van der Waals surface area contributed by atoms with Crippen molar-refractivity contribution in [2.45, 2.75) is 26.7 Å². The van der Waals surface area contributed by atoms with E-state index < -0.39 is 0 Å². The molecule has 0 spiro atoms. The van der Waals surface area contributed by atoms with Crippen LogP contribution < -0.4 is 15.6 Å². The summed E-state index contributed by atoms with van der Waals surface area (Å²) in [5, 5.41) is 3.74. The number of carbonyl (C=O) groups excluding carboxylic acids is 1. The van der Waals surface area contributed by atoms with Crippen LogP contribution in [0.5, 0.6) is 5.75 Å². The molecule has 0 radical (unpaired) electrons. The first kappa shape index (κ1) is 20.4. The standard InChI is InChI=1S/C22H31N3O3/c1-16-11-17(2)14-25(13-16)10-6-9-23-21(26)15-28-20-12-22(27)24(3)19-8-5-4-7-18(19)20/h4-5,7-8,12,16-17H,6,9-11,13-15H2,1-3H3,(H,23,26)/t16-,17-/m1/s1. The fourth-order valence-corrected chi connectivity index (χ4v) is 4.20. The number of nitrogens with zero attached hydrogens (tertiary/aromatic N) is 2. The number of carbonyl (C=O) groups is 1. The van der Waals surface area contributed by atoms with E-state index in [1.54, 1.807) is 11.6 Å². The molecule has 1 saturated heterocycles. The zero-order valence-corrected chi connectivity index (χ0v) is 17.1. The molecule has 1 N–H and O–H groups in total. The van der Waals surface area contributed by atoms with Crippen LogP contribution in [0, 0.1) is 11.8 Å². The topological polar surface area (TPSA) is 63.6 Å². The van der Waals surface area contributed by atoms with Gasteiger partial charge in [0.2, 0.25) is 0 Å². The molecule has 2 aromatic rings. The van der Waals surface area contributed by atoms with Gasteiger partial charge in [-0.25, -0.2) is 0 Å². The molecule has 0 saturated carbocycles. The zero-order chi connectivity index (χ0) is 20.1. The second-order valence-corrected chi connectivity index (χ2v) is 8.12. The lowest BCUT2D eigenvalue weighted by molar-refractivity contribution is -0.123. The van der Waals surface area contributed by atoms with Gasteiger partial charge in [0, 0.05) is 38.1 Å². The summed E-state index contributed by atoms with van der Waals surface area (Å²) in [5.74, 6) is 1.79. The highest BCUT2D eigenvalue weighted by Crippen LogP contribution is 2.23. The Morgan fingerprint density at radius 3 is 2.68 bits per heavy atom. The number of benzene rings is 1. The van der Waals surface area contributed by atoms with E-state index in [1.807, 2.05) is 24.3 Å². The number of amides is 1. The molecular formula is C22H31N3O3. The van der Waals surface area contributed by atoms with Crippen molar-refractivity contribution in [3.8, 4) is 5.75 Å². The minimum atomic E-state index is -0.162. The Morgan fingerprint density at radius 2 is 1.93 bits per heavy atom. The quantitative estimate of drug-likeness (QED) is 0.744. The molecule has 1 aliphatic rings. The van der Waals surface area contributed by atoms with E-state index in [0.29, 0.717) is 12.3 Å². The van der Waals surface area contributed by atoms with E-state index in [2.05, 4.69) is 24.1 Å². The number of piperidine rings is 1. The molecule has 0 unspecified atom stereocenters. The zero-order valence-electron chi connectivity index (χ0n) is 17.1. The monoisotopic (exact) mass is 385 g/mol. The first-order valence-electron chi connectivity index (χ1n) is 10.1. The smallest absolute Gasteiger partial charge is 0.257 e. The minimum Gasteiger partial charge on any atom is -0.483 e. The molecule has 1 aromatic heterocycles. The number of para-hydroxylation sites is 1. The Balaban J connectivity index is 1.46. The van der Waals surface area contributed by atoms with Gasteiger partial charge in [0.05, 0.1) is 5.52 Å². The van der Waals surface area contributed by atoms with Crippen molar-refractivity contribution in [3.05, 3.63) is 40.7 Å². The minimum absolute atomic E-state index is 0.0883. The number of aryl methyl sites for hydroxylation is 1. The molecule has 1 fully saturated rings. The van der Waals surface area contributed by atoms with Gasteiger partial charge in [0.1, 0.15) is 5.75 Å². The third-order valence-corrected chi connectivity index (χ3v) is 5.39. The van der Waals surface area contributed by atoms with Crippen molar-refractivity contribution in [3.63, 3.8) is 0 Å². The molecule has 0 aliphatic carbocycles. The Morgan fingerprint density at radius 1 is 1.21 bits per heavy atom. The van der Waals surface area contributed by atoms with Crippen LogP contribution >= 0.6 is 0 Å². The van der Waals surface area contributed by atoms with Crippen LogP contribution in [-0.4, -0.2) is 48.2 Å². The number of aromatic nitrogens is 1. The number of pyridine rings is 1. The predicted octanol–water partition coefficient (Wildman–Crippen LogP) is 2.40. The summed E-state index contributed by atoms with van der Waals surface area (Å²) in [5.41, 5.74) is 0.634. The highest BCUT2D eigenvalue weighted by molar-refractivity contribution is 5.86. The summed E-state index contributed by atoms with van der Waals surface area (Å²) in [6.45, 7) is 8.47. The number of hydrogen-bond donors (Lipinski definition) is 1. The molecule has 2 heterocycles. The van der Waals surface area contributed by atoms with Gasteiger partial charge in [-0.2, -0.15) is 0 Å². The van der Waals surface area contributed by atoms with Crippen molar-refractivity contribution >= 4 is 16.8 Å². The second kappa shape index (κ2) is 9.24. The number of ether oxygens (including phenoxy) is 1. The van der Waals surface area contributed by atoms with Gasteiger partial charge in [-0.3, -0.25) is 9.59 Å². The van der Waals surface area contributed by atoms with E-state index in [9.17, 15) is 9.59 Å². The average molecular weight is 386 g/mol. The van der Waals surface area contributed by atoms with Crippen LogP contribution in [0.1, 0.15) is 26.7 Å². The maximum atomic E-state index is 12.1. The highest BCUT2D eigenvalue weighted by atomic mass is 16.5. The summed E-state index contributed by atoms with van der Waals surface area (Å²) in [7, 11) is 1.73. The number of hydrogen-bond acceptors (Lipinski definition) is 4. The van der Waals surface area contributed by atoms with E-state index in [1.165, 1.54) is 12.5 Å². The van der Waals surface area contributed by atoms with Crippen LogP contribution in [0.25, 0.3) is 10.9 Å². The molecule has 6 heteroatoms. The van der Waals surface area contributed by atoms with Gasteiger partial charge in [-0.1, -0.05) is 26.0 Å². The Kier molecular flexibility index (Phi) is 6.73. The van der Waals surface area contributed by atoms with Gasteiger partial charge < -0.3 is 19.5 Å². The molecule has 152 valence electrons. The summed E-state index contributed by atoms with van der Waals surface area (Å²) in [6.07, 6.45) is 2.24. The number of nitrogens with one attached hydrogen (secondary N) is 1. The normalized spacial score (nSPS) is 20.2. The van der Waals surface area contributed by atoms with E-state index in [-0.39, 0.29) is 18.1 Å². The number of rotatable bonds is 7. The molecule has 3 rings (SSSR count). The van der Waals surface area contributed by atoms with Crippen LogP contribution in [0.2, 0.25) is 0 Å². The van der Waals surface area contributed by atoms with E-state index in [4.69, 9.17) is 4.74 Å². The van der Waals surface area contributed by atoms with Gasteiger partial charge in [-0.15, -0.1) is 0 Å². The SMILES string of the molecule is C[C@@H]1C[C@@H](C)CN(CCCNC(=O)COc2cc(=O)n(C)c3ccccc23)C1. The number of fused-ring (bicyclic) bond motifs is 1. The fraction of sp³-hybridized carbons (Fsp3) is 0.545. The summed E-state index contributed by atoms with van der Waals surface area (Å²) < 4.78 is 7.23. The largest absolute Gasteiger partial charge is 0.483 e. The van der Waals surface area contributed by atoms with Crippen molar-refractivity contribution in [2.24, 2.45) is 18.9 Å². The number of likely N-dealkylation sites (tertiary alicyclic amines) is 1. The first-order valence-corrected chi connectivity index (χ1v) is 10.1. The van der Waals surface area contributed by atoms with E-state index in [0.717, 1.165) is 48.8 Å². The maximum Gasteiger partial charge on any atom is 0.257 e. The van der Waals surface area contributed by atoms with Crippen molar-refractivity contribution in [2.75, 3.05) is 32.8 Å². The lowest BCUT2D eigenvalue weighted by Crippen LogP contribution is -2.40. The van der Waals surface area contributed by atoms with Crippen molar-refractivity contribution in [1.29, 1.82) is 0 Å². The van der Waals surface area contributed by atoms with Crippen LogP contribution in [0.4, 0.5) is 0 Å². The Hall–Kier alpha value is -2.34. The molecule has 1 amide bonds. The highest BCUT2D eigenvalue weighted by Gasteiger charge is 2.21. The molecule has 0 bridgehead atoms. The van der Waals surface area contributed by atoms with Gasteiger partial charge in [0.15, 0.2) is 6.61 Å². The summed E-state index contributed by atoms with van der Waals surface area (Å²) >= 11 is 0. The van der Waals surface area contributed by atoms with E-state index >= 15 is 0 Å². The first-order chi connectivity index (χ1) is 13.4. The Labute approximate surface area is 166 Å². The van der Waals surface area contributed by atoms with Crippen LogP contribution in [0.15, 0.2) is 35.1 Å². The maximum absolute atomic E-state index is 12.1. The fourth-order valence-electron chi connectivity index (χ4n) is 4.20. The third kappa shape index (κ3) is 5.13. The van der Waals surface area contributed by atoms with Gasteiger partial charge in [0.25, 0.3) is 11.5 Å². The average Bonchev–Trinajstić information content (AvgIpc) is 2.66. The lowest BCUT2D eigenvalue weighted by Gasteiger charge is -2.34. The summed E-state index contributed by atoms with van der Waals surface area (Å²) in [6, 6.07) is 8.97. The van der Waals surface area contributed by atoms with Crippen LogP contribution in [0.3, 0.4) is 0 Å². The second-order valence-electron chi connectivity index (χ2n) is 8.12. The molecule has 2 atom stereocenters. The predicted molar refractivity (Wildman–Crippen MR) is 112 cm³/mol. The summed E-state index contributed by atoms with van der Waals surface area (Å²) in [4.78, 5) is 26.7. The van der Waals surface area contributed by atoms with Crippen molar-refractivity contribution in [1.82, 2.24) is 14.8 Å². The van der Waals surface area contributed by atoms with Crippen LogP contribution in [-0.2, 0) is 11.8 Å². The van der Waals surface area contributed by atoms with Gasteiger partial charge in [-0.05, 0) is 43.4 Å². The third-order valence-electron chi connectivity index (χ3n) is 5.39. The Bertz CT molecular complexity index is 867. The lowest BCUT2D eigenvalue weighted by atomic mass is 9.92. The van der Waals surface area contributed by atoms with Crippen molar-refractivity contribution < 1.29 is 9.53 Å². The molecule has 6 nitrogen and oxygen atoms in total. The van der Waals surface area contributed by atoms with Gasteiger partial charge >= 0.3 is 0 Å². The molecule has 1 aromatic carbocycles. The molecular weight excluding hydrogens is 354 g/mol. The molecule has 28 heavy (non-hydrogen) atoms. The molecule has 1 aliphatic heterocycles.